The van der Waals surface area contributed by atoms with Crippen molar-refractivity contribution in [1.82, 2.24) is 29.7 Å². The molecule has 8 heteroatoms. The maximum Gasteiger partial charge on any atom is 0.292 e. The van der Waals surface area contributed by atoms with E-state index in [2.05, 4.69) is 25.3 Å². The summed E-state index contributed by atoms with van der Waals surface area (Å²) < 4.78 is 7.43. The van der Waals surface area contributed by atoms with Crippen LogP contribution in [0.5, 0.6) is 0 Å². The third-order valence-corrected chi connectivity index (χ3v) is 4.99. The molecule has 2 aliphatic rings. The van der Waals surface area contributed by atoms with Crippen molar-refractivity contribution in [2.24, 2.45) is 0 Å². The molecule has 3 aromatic rings. The Bertz CT molecular complexity index is 911. The highest BCUT2D eigenvalue weighted by atomic mass is 16.5. The minimum Gasteiger partial charge on any atom is -0.346 e. The number of aromatic nitrogens is 4. The number of carbonyl (C=O) groups excluding carboxylic acids is 1. The van der Waals surface area contributed by atoms with E-state index in [1.165, 1.54) is 0 Å². The Kier molecular flexibility index (Phi) is 3.70. The number of amides is 1. The van der Waals surface area contributed by atoms with Gasteiger partial charge in [0.25, 0.3) is 11.7 Å². The van der Waals surface area contributed by atoms with Crippen LogP contribution in [0.1, 0.15) is 53.9 Å². The molecule has 1 aliphatic heterocycles. The molecule has 4 heterocycles. The topological polar surface area (TPSA) is 88.6 Å². The molecule has 26 heavy (non-hydrogen) atoms. The Labute approximate surface area is 150 Å². The molecule has 1 atom stereocenters. The lowest BCUT2D eigenvalue weighted by Gasteiger charge is -2.19. The first kappa shape index (κ1) is 15.5. The molecule has 1 amide bonds. The summed E-state index contributed by atoms with van der Waals surface area (Å²) in [6, 6.07) is 6.28. The second-order valence-electron chi connectivity index (χ2n) is 7.03. The predicted octanol–water partition coefficient (Wildman–Crippen LogP) is 1.95. The third kappa shape index (κ3) is 2.96. The van der Waals surface area contributed by atoms with Gasteiger partial charge in [-0.05, 0) is 44.4 Å². The van der Waals surface area contributed by atoms with Crippen molar-refractivity contribution < 1.29 is 9.32 Å². The van der Waals surface area contributed by atoms with Gasteiger partial charge in [0.1, 0.15) is 5.65 Å². The summed E-state index contributed by atoms with van der Waals surface area (Å²) in [5, 5.41) is 6.76. The van der Waals surface area contributed by atoms with Crippen molar-refractivity contribution in [3.05, 3.63) is 48.0 Å². The molecule has 1 saturated heterocycles. The number of likely N-dealkylation sites (tertiary alicyclic amines) is 1. The molecule has 3 aromatic heterocycles. The van der Waals surface area contributed by atoms with E-state index in [-0.39, 0.29) is 23.8 Å². The number of nitrogens with one attached hydrogen (secondary N) is 1. The number of pyridine rings is 1. The summed E-state index contributed by atoms with van der Waals surface area (Å²) in [5.41, 5.74) is 1.95. The number of nitrogens with zero attached hydrogens (tertiary/aromatic N) is 5. The lowest BCUT2D eigenvalue weighted by Crippen LogP contribution is -2.27. The zero-order valence-corrected chi connectivity index (χ0v) is 14.3. The molecule has 5 rings (SSSR count). The smallest absolute Gasteiger partial charge is 0.292 e. The molecular formula is C18H20N6O2. The number of carbonyl (C=O) groups is 1. The van der Waals surface area contributed by atoms with Gasteiger partial charge >= 0.3 is 0 Å². The van der Waals surface area contributed by atoms with Gasteiger partial charge in [-0.1, -0.05) is 11.2 Å². The summed E-state index contributed by atoms with van der Waals surface area (Å²) in [6.45, 7) is 1.67. The second-order valence-corrected chi connectivity index (χ2v) is 7.03. The maximum absolute atomic E-state index is 12.1. The van der Waals surface area contributed by atoms with Crippen LogP contribution < -0.4 is 5.32 Å². The van der Waals surface area contributed by atoms with Crippen molar-refractivity contribution in [3.8, 4) is 0 Å². The highest BCUT2D eigenvalue weighted by molar-refractivity contribution is 5.90. The highest BCUT2D eigenvalue weighted by Crippen LogP contribution is 2.32. The summed E-state index contributed by atoms with van der Waals surface area (Å²) in [4.78, 5) is 23.4. The van der Waals surface area contributed by atoms with Crippen LogP contribution in [0.4, 0.5) is 0 Å². The van der Waals surface area contributed by atoms with Crippen LogP contribution in [0.2, 0.25) is 0 Å². The summed E-state index contributed by atoms with van der Waals surface area (Å²) in [7, 11) is 0. The van der Waals surface area contributed by atoms with Crippen molar-refractivity contribution >= 4 is 11.6 Å². The molecule has 1 N–H and O–H groups in total. The van der Waals surface area contributed by atoms with Crippen LogP contribution in [0.25, 0.3) is 5.65 Å². The Morgan fingerprint density at radius 2 is 2.19 bits per heavy atom. The molecule has 134 valence electrons. The standard InChI is InChI=1S/C18H20N6O2/c25-17(20-12-6-7-12)16-21-18(26-22-16)14-4-3-9-23(14)10-13-11-24-8-2-1-5-15(24)19-13/h1-2,5,8,11-12,14H,3-4,6-7,9-10H2,(H,20,25)/t14-/m0/s1. The Morgan fingerprint density at radius 1 is 1.27 bits per heavy atom. The van der Waals surface area contributed by atoms with E-state index in [4.69, 9.17) is 4.52 Å². The molecular weight excluding hydrogens is 332 g/mol. The number of hydrogen-bond donors (Lipinski definition) is 1. The number of hydrogen-bond acceptors (Lipinski definition) is 6. The minimum atomic E-state index is -0.243. The van der Waals surface area contributed by atoms with Crippen LogP contribution in [-0.2, 0) is 6.54 Å². The van der Waals surface area contributed by atoms with Crippen molar-refractivity contribution in [2.45, 2.75) is 44.3 Å². The van der Waals surface area contributed by atoms with Gasteiger partial charge in [0, 0.05) is 25.0 Å². The molecule has 0 unspecified atom stereocenters. The molecule has 0 bridgehead atoms. The fourth-order valence-corrected chi connectivity index (χ4v) is 3.51. The van der Waals surface area contributed by atoms with Gasteiger partial charge in [-0.25, -0.2) is 4.98 Å². The lowest BCUT2D eigenvalue weighted by molar-refractivity contribution is 0.0937. The van der Waals surface area contributed by atoms with Gasteiger partial charge in [-0.2, -0.15) is 4.98 Å². The van der Waals surface area contributed by atoms with Gasteiger partial charge in [0.2, 0.25) is 5.89 Å². The largest absolute Gasteiger partial charge is 0.346 e. The number of imidazole rings is 1. The van der Waals surface area contributed by atoms with Gasteiger partial charge in [0.15, 0.2) is 0 Å². The second kappa shape index (κ2) is 6.21. The van der Waals surface area contributed by atoms with Crippen LogP contribution in [0.3, 0.4) is 0 Å². The van der Waals surface area contributed by atoms with Gasteiger partial charge in [0.05, 0.1) is 11.7 Å². The van der Waals surface area contributed by atoms with E-state index in [1.54, 1.807) is 0 Å². The van der Waals surface area contributed by atoms with E-state index < -0.39 is 0 Å². The first-order valence-corrected chi connectivity index (χ1v) is 9.07. The quantitative estimate of drug-likeness (QED) is 0.755. The molecule has 2 fully saturated rings. The van der Waals surface area contributed by atoms with E-state index in [0.717, 1.165) is 50.1 Å². The number of rotatable bonds is 5. The van der Waals surface area contributed by atoms with Gasteiger partial charge < -0.3 is 14.2 Å². The number of fused-ring (bicyclic) bond motifs is 1. The van der Waals surface area contributed by atoms with E-state index in [9.17, 15) is 4.79 Å². The summed E-state index contributed by atoms with van der Waals surface area (Å²) >= 11 is 0. The average Bonchev–Trinajstić information content (AvgIpc) is 3.06. The molecule has 0 spiro atoms. The first-order valence-electron chi connectivity index (χ1n) is 9.07. The normalized spacial score (nSPS) is 20.7. The van der Waals surface area contributed by atoms with E-state index in [0.29, 0.717) is 5.89 Å². The summed E-state index contributed by atoms with van der Waals surface area (Å²) in [5.74, 6) is 0.408. The predicted molar refractivity (Wildman–Crippen MR) is 92.4 cm³/mol. The third-order valence-electron chi connectivity index (χ3n) is 4.99. The van der Waals surface area contributed by atoms with Crippen molar-refractivity contribution in [1.29, 1.82) is 0 Å². The molecule has 0 radical (unpaired) electrons. The lowest BCUT2D eigenvalue weighted by atomic mass is 10.2. The van der Waals surface area contributed by atoms with Crippen LogP contribution >= 0.6 is 0 Å². The van der Waals surface area contributed by atoms with Crippen LogP contribution in [0.15, 0.2) is 35.1 Å². The SMILES string of the molecule is O=C(NC1CC1)c1noc([C@@H]2CCCN2Cc2cn3ccccc3n2)n1. The highest BCUT2D eigenvalue weighted by Gasteiger charge is 2.33. The Hall–Kier alpha value is -2.74. The molecule has 8 nitrogen and oxygen atoms in total. The molecule has 1 saturated carbocycles. The fourth-order valence-electron chi connectivity index (χ4n) is 3.51. The van der Waals surface area contributed by atoms with Gasteiger partial charge in [-0.3, -0.25) is 9.69 Å². The van der Waals surface area contributed by atoms with Crippen molar-refractivity contribution in [2.75, 3.05) is 6.54 Å². The van der Waals surface area contributed by atoms with E-state index >= 15 is 0 Å². The maximum atomic E-state index is 12.1. The summed E-state index contributed by atoms with van der Waals surface area (Å²) in [6.07, 6.45) is 8.12. The first-order chi connectivity index (χ1) is 12.8. The fraction of sp³-hybridized carbons (Fsp3) is 0.444. The molecule has 1 aliphatic carbocycles. The Balaban J connectivity index is 1.32. The van der Waals surface area contributed by atoms with E-state index in [1.807, 2.05) is 35.0 Å². The monoisotopic (exact) mass is 352 g/mol. The average molecular weight is 352 g/mol. The zero-order valence-electron chi connectivity index (χ0n) is 14.3. The van der Waals surface area contributed by atoms with Crippen LogP contribution in [0, 0.1) is 0 Å². The zero-order chi connectivity index (χ0) is 17.5. The Morgan fingerprint density at radius 3 is 3.04 bits per heavy atom. The minimum absolute atomic E-state index is 0.0368. The van der Waals surface area contributed by atoms with Crippen LogP contribution in [-0.4, -0.2) is 42.9 Å². The van der Waals surface area contributed by atoms with Crippen molar-refractivity contribution in [3.63, 3.8) is 0 Å². The van der Waals surface area contributed by atoms with Gasteiger partial charge in [-0.15, -0.1) is 0 Å². The molecule has 0 aromatic carbocycles.